The van der Waals surface area contributed by atoms with Crippen molar-refractivity contribution in [2.75, 3.05) is 36.4 Å². The van der Waals surface area contributed by atoms with Gasteiger partial charge in [-0.25, -0.2) is 14.8 Å². The van der Waals surface area contributed by atoms with E-state index in [0.29, 0.717) is 66.0 Å². The third-order valence-electron chi connectivity index (χ3n) is 15.7. The van der Waals surface area contributed by atoms with Crippen molar-refractivity contribution in [3.63, 3.8) is 0 Å². The highest BCUT2D eigenvalue weighted by molar-refractivity contribution is 7.22. The number of anilines is 2. The van der Waals surface area contributed by atoms with Crippen LogP contribution in [0.25, 0.3) is 32.2 Å². The number of piperidine rings is 2. The minimum atomic E-state index is -1.10. The molecule has 3 aliphatic heterocycles. The van der Waals surface area contributed by atoms with Gasteiger partial charge >= 0.3 is 5.97 Å². The number of para-hydroxylation sites is 2. The molecule has 16 heteroatoms. The molecule has 3 aromatic heterocycles. The molecule has 1 saturated carbocycles. The predicted molar refractivity (Wildman–Crippen MR) is 286 cm³/mol. The monoisotopic (exact) mass is 1010 g/mol. The number of carboxylic acids is 1. The van der Waals surface area contributed by atoms with Crippen LogP contribution in [0.1, 0.15) is 120 Å². The quantitative estimate of drug-likeness (QED) is 0.0654. The fourth-order valence-electron chi connectivity index (χ4n) is 11.7. The van der Waals surface area contributed by atoms with E-state index in [1.165, 1.54) is 30.6 Å². The van der Waals surface area contributed by atoms with Crippen LogP contribution in [0.15, 0.2) is 91.0 Å². The lowest BCUT2D eigenvalue weighted by Gasteiger charge is -2.32. The molecule has 0 radical (unpaired) electrons. The van der Waals surface area contributed by atoms with Crippen molar-refractivity contribution < 1.29 is 33.8 Å². The van der Waals surface area contributed by atoms with Gasteiger partial charge in [-0.1, -0.05) is 72.7 Å². The van der Waals surface area contributed by atoms with E-state index < -0.39 is 11.9 Å². The molecule has 4 aromatic carbocycles. The van der Waals surface area contributed by atoms with Crippen molar-refractivity contribution in [1.82, 2.24) is 30.0 Å². The van der Waals surface area contributed by atoms with E-state index >= 15 is 0 Å². The normalized spacial score (nSPS) is 19.6. The molecule has 3 fully saturated rings. The Balaban J connectivity index is 0.644. The first-order chi connectivity index (χ1) is 36.0. The maximum absolute atomic E-state index is 13.7. The van der Waals surface area contributed by atoms with Crippen molar-refractivity contribution in [2.24, 2.45) is 13.0 Å². The second-order valence-electron chi connectivity index (χ2n) is 20.4. The first-order valence-corrected chi connectivity index (χ1v) is 27.1. The van der Waals surface area contributed by atoms with E-state index in [-0.39, 0.29) is 35.6 Å². The number of pyridine rings is 1. The molecule has 3 N–H and O–H groups in total. The Morgan fingerprint density at radius 1 is 0.797 bits per heavy atom. The number of likely N-dealkylation sites (tertiary alicyclic amines) is 1. The molecule has 1 unspecified atom stereocenters. The average Bonchev–Trinajstić information content (AvgIpc) is 3.98. The third kappa shape index (κ3) is 10.3. The van der Waals surface area contributed by atoms with E-state index in [9.17, 15) is 24.3 Å². The summed E-state index contributed by atoms with van der Waals surface area (Å²) >= 11 is 1.44. The highest BCUT2D eigenvalue weighted by Gasteiger charge is 2.33. The number of benzene rings is 4. The van der Waals surface area contributed by atoms with Crippen LogP contribution >= 0.6 is 11.3 Å². The molecule has 4 aliphatic rings. The number of carboxylic acid groups (broad SMARTS) is 1. The number of nitrogens with one attached hydrogen (secondary N) is 2. The molecule has 74 heavy (non-hydrogen) atoms. The maximum atomic E-state index is 13.7. The summed E-state index contributed by atoms with van der Waals surface area (Å²) in [5.74, 6) is 0.514. The van der Waals surface area contributed by atoms with Crippen molar-refractivity contribution in [3.05, 3.63) is 125 Å². The molecular weight excluding hydrogens is 953 g/mol. The summed E-state index contributed by atoms with van der Waals surface area (Å²) in [6, 6.07) is 29.1. The number of hydrogen-bond acceptors (Lipinski definition) is 12. The number of ether oxygens (including phenoxy) is 2. The number of aryl methyl sites for hydroxylation is 1. The summed E-state index contributed by atoms with van der Waals surface area (Å²) in [4.78, 5) is 65.0. The van der Waals surface area contributed by atoms with Gasteiger partial charge in [0.2, 0.25) is 11.8 Å². The van der Waals surface area contributed by atoms with Crippen molar-refractivity contribution in [3.8, 4) is 22.6 Å². The Kier molecular flexibility index (Phi) is 14.2. The smallest absolute Gasteiger partial charge is 0.355 e. The molecule has 3 amide bonds. The Morgan fingerprint density at radius 2 is 1.57 bits per heavy atom. The average molecular weight is 1020 g/mol. The van der Waals surface area contributed by atoms with Gasteiger partial charge in [-0.3, -0.25) is 29.7 Å². The van der Waals surface area contributed by atoms with Gasteiger partial charge in [-0.2, -0.15) is 5.10 Å². The lowest BCUT2D eigenvalue weighted by Crippen LogP contribution is -2.39. The Morgan fingerprint density at radius 3 is 2.38 bits per heavy atom. The Labute approximate surface area is 434 Å². The summed E-state index contributed by atoms with van der Waals surface area (Å²) in [6.07, 6.45) is 11.5. The molecule has 0 bridgehead atoms. The fourth-order valence-corrected chi connectivity index (χ4v) is 12.5. The Bertz CT molecular complexity index is 3230. The first kappa shape index (κ1) is 49.1. The van der Waals surface area contributed by atoms with E-state index in [1.807, 2.05) is 110 Å². The number of amides is 3. The fraction of sp³-hybridized carbons (Fsp3) is 0.397. The molecule has 15 nitrogen and oxygen atoms in total. The number of thiazole rings is 1. The number of aromatic carboxylic acids is 1. The highest BCUT2D eigenvalue weighted by atomic mass is 32.1. The topological polar surface area (TPSA) is 181 Å². The van der Waals surface area contributed by atoms with E-state index in [2.05, 4.69) is 20.5 Å². The minimum Gasteiger partial charge on any atom is -0.490 e. The van der Waals surface area contributed by atoms with Crippen LogP contribution < -0.4 is 25.0 Å². The number of rotatable bonds is 15. The molecular formula is C58H62N8O7S. The largest absolute Gasteiger partial charge is 0.490 e. The summed E-state index contributed by atoms with van der Waals surface area (Å²) < 4.78 is 16.1. The molecule has 2 saturated heterocycles. The van der Waals surface area contributed by atoms with Crippen LogP contribution in [0.4, 0.5) is 10.9 Å². The van der Waals surface area contributed by atoms with Crippen LogP contribution in [0.2, 0.25) is 0 Å². The second-order valence-corrected chi connectivity index (χ2v) is 21.5. The molecule has 11 rings (SSSR count). The van der Waals surface area contributed by atoms with Gasteiger partial charge in [0.1, 0.15) is 28.9 Å². The zero-order valence-corrected chi connectivity index (χ0v) is 42.8. The number of fused-ring (bicyclic) bond motifs is 3. The van der Waals surface area contributed by atoms with Gasteiger partial charge in [0.25, 0.3) is 5.91 Å². The molecule has 1 atom stereocenters. The summed E-state index contributed by atoms with van der Waals surface area (Å²) in [5.41, 5.74) is 7.18. The van der Waals surface area contributed by atoms with Crippen LogP contribution in [0.3, 0.4) is 0 Å². The molecule has 382 valence electrons. The maximum Gasteiger partial charge on any atom is 0.355 e. The number of carbonyl (C=O) groups is 4. The number of unbranched alkanes of at least 4 members (excludes halogenated alkanes) is 1. The Hall–Kier alpha value is -7.17. The van der Waals surface area contributed by atoms with Crippen LogP contribution in [0.5, 0.6) is 11.5 Å². The van der Waals surface area contributed by atoms with E-state index in [1.54, 1.807) is 4.68 Å². The molecule has 1 aliphatic carbocycles. The lowest BCUT2D eigenvalue weighted by molar-refractivity contribution is -0.134. The van der Waals surface area contributed by atoms with Gasteiger partial charge in [-0.15, -0.1) is 0 Å². The van der Waals surface area contributed by atoms with Gasteiger partial charge < -0.3 is 24.4 Å². The molecule has 6 heterocycles. The van der Waals surface area contributed by atoms with E-state index in [0.717, 1.165) is 113 Å². The number of aromatic nitrogens is 4. The predicted octanol–water partition coefficient (Wildman–Crippen LogP) is 10.2. The lowest BCUT2D eigenvalue weighted by atomic mass is 9.84. The number of carbonyl (C=O) groups excluding carboxylic acids is 3. The van der Waals surface area contributed by atoms with Crippen molar-refractivity contribution in [1.29, 1.82) is 0 Å². The minimum absolute atomic E-state index is 0.0196. The van der Waals surface area contributed by atoms with Crippen LogP contribution in [-0.4, -0.2) is 91.8 Å². The molecule has 7 aromatic rings. The molecule has 0 spiro atoms. The van der Waals surface area contributed by atoms with Crippen LogP contribution in [-0.2, 0) is 29.6 Å². The van der Waals surface area contributed by atoms with Gasteiger partial charge in [0.15, 0.2) is 10.8 Å². The zero-order chi connectivity index (χ0) is 50.9. The van der Waals surface area contributed by atoms with Crippen LogP contribution in [0, 0.1) is 12.8 Å². The summed E-state index contributed by atoms with van der Waals surface area (Å²) in [5, 5.41) is 22.2. The number of hydrogen-bond donors (Lipinski definition) is 3. The van der Waals surface area contributed by atoms with Gasteiger partial charge in [0.05, 0.1) is 27.9 Å². The SMILES string of the molecule is Cc1c(OC2CCC(CCCCN3CCC(Oc4cccc5c(C6CCC(=O)NC6=O)nn(C)c45)CC3)CC2)cccc1-c1ccc(N2CCc3cccc(C(=O)Nc4nc5ccccc5s4)c3C2)nc1C(=O)O. The standard InChI is InChI=1S/C58H62N8O7S/c1-35-40(41-23-25-50(60-53(41)57(70)71)66-33-27-37-11-7-13-42(45(37)34-66)55(68)62-58-59-46-15-3-4-18-49(46)74-58)12-8-16-47(35)72-38-21-19-36(20-22-38)10-5-6-30-65-31-28-39(29-32-65)73-48-17-9-14-43-52(63-64(2)54(43)48)44-24-26-51(67)61-56(44)69/h3-4,7-9,11-18,23,25,36,38-39,44H,5-6,10,19-22,24,26-34H2,1-2H3,(H,70,71)(H,59,62,68)(H,61,67,69). The third-order valence-corrected chi connectivity index (χ3v) is 16.6. The van der Waals surface area contributed by atoms with Gasteiger partial charge in [-0.05, 0) is 142 Å². The van der Waals surface area contributed by atoms with Gasteiger partial charge in [0, 0.05) is 56.2 Å². The highest BCUT2D eigenvalue weighted by Crippen LogP contribution is 2.39. The van der Waals surface area contributed by atoms with Crippen molar-refractivity contribution in [2.45, 2.75) is 109 Å². The number of nitrogens with zero attached hydrogens (tertiary/aromatic N) is 6. The van der Waals surface area contributed by atoms with E-state index in [4.69, 9.17) is 19.6 Å². The second kappa shape index (κ2) is 21.4. The number of imide groups is 1. The zero-order valence-electron chi connectivity index (χ0n) is 42.0. The first-order valence-electron chi connectivity index (χ1n) is 26.2. The summed E-state index contributed by atoms with van der Waals surface area (Å²) in [6.45, 7) is 6.14. The van der Waals surface area contributed by atoms with Crippen molar-refractivity contribution >= 4 is 67.1 Å². The summed E-state index contributed by atoms with van der Waals surface area (Å²) in [7, 11) is 1.89.